The number of aliphatic imine (C=N–C) groups is 2. The number of ketones is 2. The molecule has 8 aromatic carbocycles. The van der Waals surface area contributed by atoms with Gasteiger partial charge < -0.3 is 81.8 Å². The van der Waals surface area contributed by atoms with E-state index in [4.69, 9.17) is 56.2 Å². The molecule has 5 aliphatic rings. The van der Waals surface area contributed by atoms with Crippen LogP contribution in [0.4, 0.5) is 11.4 Å². The van der Waals surface area contributed by atoms with Crippen LogP contribution < -0.4 is 37.4 Å². The summed E-state index contributed by atoms with van der Waals surface area (Å²) in [5.41, 5.74) is 8.83. The number of fused-ring (bicyclic) bond motifs is 6. The van der Waals surface area contributed by atoms with Crippen LogP contribution in [0.3, 0.4) is 0 Å². The number of nitrogens with one attached hydrogen (secondary N) is 1. The zero-order valence-electron chi connectivity index (χ0n) is 65.8. The highest BCUT2D eigenvalue weighted by Crippen LogP contribution is 2.42. The van der Waals surface area contributed by atoms with Crippen molar-refractivity contribution in [2.24, 2.45) is 9.98 Å². The third kappa shape index (κ3) is 20.7. The molecule has 119 heavy (non-hydrogen) atoms. The molecule has 5 N–H and O–H groups in total. The fourth-order valence-corrected chi connectivity index (χ4v) is 16.0. The number of hydrogen-bond acceptors (Lipinski definition) is 27. The van der Waals surface area contributed by atoms with Gasteiger partial charge in [-0.1, -0.05) is 90.5 Å². The Balaban J connectivity index is 0.000000277. The molecule has 0 saturated carbocycles. The first-order valence-corrected chi connectivity index (χ1v) is 41.6. The molecular formula is C86H90N8O23S2. The number of aromatic nitrogens is 3. The normalized spacial score (nSPS) is 18.4. The molecule has 14 rings (SSSR count). The van der Waals surface area contributed by atoms with Crippen LogP contribution in [0.5, 0.6) is 40.2 Å². The van der Waals surface area contributed by atoms with E-state index in [2.05, 4.69) is 15.6 Å². The van der Waals surface area contributed by atoms with Crippen LogP contribution in [0, 0.1) is 6.92 Å². The van der Waals surface area contributed by atoms with Crippen LogP contribution in [0.2, 0.25) is 0 Å². The third-order valence-electron chi connectivity index (χ3n) is 20.4. The minimum atomic E-state index is -5.18. The number of aryl methyl sites for hydroxylation is 1. The van der Waals surface area contributed by atoms with Gasteiger partial charge in [-0.05, 0) is 139 Å². The van der Waals surface area contributed by atoms with E-state index in [1.165, 1.54) is 50.6 Å². The van der Waals surface area contributed by atoms with Crippen LogP contribution in [-0.2, 0) is 86.7 Å². The number of carbonyl (C=O) groups excluding carboxylic acids is 5. The van der Waals surface area contributed by atoms with Crippen molar-refractivity contribution in [3.8, 4) is 40.2 Å². The van der Waals surface area contributed by atoms with E-state index in [1.807, 2.05) is 62.4 Å². The number of hydrogen-bond donors (Lipinski definition) is 5. The molecule has 0 radical (unpaired) electrons. The summed E-state index contributed by atoms with van der Waals surface area (Å²) < 4.78 is 113. The van der Waals surface area contributed by atoms with E-state index < -0.39 is 63.3 Å². The van der Waals surface area contributed by atoms with Gasteiger partial charge in [0.15, 0.2) is 55.9 Å². The largest absolute Gasteiger partial charge is 0.501 e. The lowest BCUT2D eigenvalue weighted by molar-refractivity contribution is -0.277. The van der Waals surface area contributed by atoms with E-state index in [1.54, 1.807) is 107 Å². The minimum absolute atomic E-state index is 0.0428. The quantitative estimate of drug-likeness (QED) is 0.0189. The summed E-state index contributed by atoms with van der Waals surface area (Å²) in [6.45, 7) is 7.88. The smallest absolute Gasteiger partial charge is 0.493 e. The molecule has 624 valence electrons. The highest BCUT2D eigenvalue weighted by molar-refractivity contribution is 7.91. The van der Waals surface area contributed by atoms with Crippen LogP contribution in [-0.4, -0.2) is 200 Å². The molecule has 1 aromatic heterocycles. The van der Waals surface area contributed by atoms with Gasteiger partial charge in [-0.15, -0.1) is 13.5 Å². The van der Waals surface area contributed by atoms with Gasteiger partial charge >= 0.3 is 10.4 Å². The van der Waals surface area contributed by atoms with Crippen molar-refractivity contribution in [3.05, 3.63) is 236 Å². The summed E-state index contributed by atoms with van der Waals surface area (Å²) in [6.07, 6.45) is -1.64. The number of rotatable bonds is 33. The number of aliphatic hydroxyl groups excluding tert-OH is 4. The number of ether oxygens (including phenoxy) is 8. The molecule has 0 bridgehead atoms. The number of carbonyl (C=O) groups is 5. The summed E-state index contributed by atoms with van der Waals surface area (Å²) in [6, 6.07) is 42.4. The molecule has 6 heterocycles. The van der Waals surface area contributed by atoms with Crippen molar-refractivity contribution in [2.75, 3.05) is 52.9 Å². The number of Topliss-reactive ketones (excluding diaryl/α,β-unsaturated/α-hetero) is 2. The molecule has 3 amide bonds. The van der Waals surface area contributed by atoms with Crippen LogP contribution in [0.25, 0.3) is 0 Å². The molecule has 1 saturated heterocycles. The summed E-state index contributed by atoms with van der Waals surface area (Å²) in [5, 5.41) is 52.2. The predicted molar refractivity (Wildman–Crippen MR) is 432 cm³/mol. The van der Waals surface area contributed by atoms with E-state index in [9.17, 15) is 61.2 Å². The summed E-state index contributed by atoms with van der Waals surface area (Å²) >= 11 is 0. The minimum Gasteiger partial charge on any atom is -0.493 e. The highest BCUT2D eigenvalue weighted by atomic mass is 32.3. The number of amides is 3. The molecule has 9 aromatic rings. The Morgan fingerprint density at radius 2 is 1.16 bits per heavy atom. The molecule has 7 atom stereocenters. The SMILES string of the molecule is CCCC(=O)c1ccc(OC2O[C@H](CO)[C@H](O)[C@H](O)[C@H]2O)c(OS(=O)(=O)Oc2cc(COc3cc4c(cc3OC)C(=O)N3Cc5ccccc5C[C@H]3C=N4)cc(COc3cc4c(cc3OC)C(=O)N3Cc5ccccc5C[C@@H]3C=N4)c2)c1.CCOCCn1cc(COCCNC(=O)c2ccc(C(=O)CCS(=O)(=O)c3ccc(C)cc3)cc2)nn1. The maximum atomic E-state index is 14.2. The van der Waals surface area contributed by atoms with Gasteiger partial charge in [-0.3, -0.25) is 34.0 Å². The van der Waals surface area contributed by atoms with Crippen LogP contribution >= 0.6 is 0 Å². The van der Waals surface area contributed by atoms with Gasteiger partial charge in [0.1, 0.15) is 49.1 Å². The molecule has 0 spiro atoms. The Kier molecular flexibility index (Phi) is 27.4. The predicted octanol–water partition coefficient (Wildman–Crippen LogP) is 8.91. The zero-order chi connectivity index (χ0) is 84.1. The second kappa shape index (κ2) is 38.3. The number of methoxy groups -OCH3 is 2. The van der Waals surface area contributed by atoms with E-state index in [-0.39, 0.29) is 125 Å². The van der Waals surface area contributed by atoms with Gasteiger partial charge in [0, 0.05) is 80.3 Å². The summed E-state index contributed by atoms with van der Waals surface area (Å²) in [4.78, 5) is 79.5. The maximum Gasteiger partial charge on any atom is 0.501 e. The number of aliphatic hydroxyl groups is 4. The van der Waals surface area contributed by atoms with Crippen molar-refractivity contribution in [1.29, 1.82) is 0 Å². The maximum absolute atomic E-state index is 14.2. The lowest BCUT2D eigenvalue weighted by Crippen LogP contribution is -2.60. The first kappa shape index (κ1) is 85.1. The number of benzene rings is 8. The lowest BCUT2D eigenvalue weighted by atomic mass is 9.94. The van der Waals surface area contributed by atoms with Crippen molar-refractivity contribution in [1.82, 2.24) is 30.1 Å². The Hall–Kier alpha value is -11.8. The van der Waals surface area contributed by atoms with Gasteiger partial charge in [0.05, 0.1) is 98.6 Å². The molecule has 0 aliphatic carbocycles. The van der Waals surface area contributed by atoms with E-state index in [0.29, 0.717) is 116 Å². The standard InChI is InChI=1S/C60H58N4O17S.C26H32N4O6S/c1-4-9-47(66)37-14-15-48(78-60-57(69)56(68)55(67)54(30-65)79-60)53(21-37)81-82(72,73)80-42-17-33(31-76-51-24-45-43(22-49(51)74-2)58(70)63-28-38-12-7-5-10-35(38)19-40(63)26-61-45)16-34(18-42)32-77-52-25-46-44(23-50(52)75-3)59(71)64-29-39-13-8-6-11-36(39)20-41(64)27-62-46;1-3-35-16-14-30-18-23(28-29-30)19-36-15-13-27-26(32)22-8-6-21(7-9-22)25(31)12-17-37(33,34)24-10-4-20(2)5-11-24/h5-8,10-18,21-27,40-41,54-57,60,65,67-69H,4,9,19-20,28-32H2,1-3H3;4-11,18H,3,12-17,19H2,1-2H3,(H,27,32)/t40-,41+,54-,55+,56+,57-,60?;/m1./s1. The molecule has 31 nitrogen and oxygen atoms in total. The number of sulfone groups is 1. The topological polar surface area (TPSA) is 401 Å². The van der Waals surface area contributed by atoms with Crippen LogP contribution in [0.1, 0.15) is 130 Å². The van der Waals surface area contributed by atoms with Gasteiger partial charge in [-0.25, -0.2) is 13.1 Å². The number of nitrogens with zero attached hydrogens (tertiary/aromatic N) is 7. The highest BCUT2D eigenvalue weighted by Gasteiger charge is 2.46. The molecule has 5 aliphatic heterocycles. The molecular weight excluding hydrogens is 1580 g/mol. The van der Waals surface area contributed by atoms with Crippen molar-refractivity contribution in [3.63, 3.8) is 0 Å². The lowest BCUT2D eigenvalue weighted by Gasteiger charge is -2.39. The van der Waals surface area contributed by atoms with Crippen molar-refractivity contribution in [2.45, 2.75) is 140 Å². The Morgan fingerprint density at radius 3 is 1.73 bits per heavy atom. The fraction of sp³-hybridized carbons (Fsp3) is 0.337. The molecule has 1 fully saturated rings. The Bertz CT molecular complexity index is 5350. The molecule has 33 heteroatoms. The fourth-order valence-electron chi connectivity index (χ4n) is 14.0. The van der Waals surface area contributed by atoms with Gasteiger partial charge in [0.2, 0.25) is 6.29 Å². The second-order valence-corrected chi connectivity index (χ2v) is 32.0. The van der Waals surface area contributed by atoms with Crippen molar-refractivity contribution >= 4 is 73.3 Å². The monoisotopic (exact) mass is 1670 g/mol. The second-order valence-electron chi connectivity index (χ2n) is 28.7. The van der Waals surface area contributed by atoms with Crippen molar-refractivity contribution < 1.29 is 107 Å². The first-order valence-electron chi connectivity index (χ1n) is 38.6. The summed E-state index contributed by atoms with van der Waals surface area (Å²) in [5.74, 6) is -2.07. The van der Waals surface area contributed by atoms with Gasteiger partial charge in [0.25, 0.3) is 17.7 Å². The van der Waals surface area contributed by atoms with E-state index >= 15 is 0 Å². The third-order valence-corrected chi connectivity index (χ3v) is 22.9. The first-order chi connectivity index (χ1) is 57.4. The zero-order valence-corrected chi connectivity index (χ0v) is 67.4. The van der Waals surface area contributed by atoms with Crippen LogP contribution in [0.15, 0.2) is 179 Å². The molecule has 1 unspecified atom stereocenters. The van der Waals surface area contributed by atoms with E-state index in [0.717, 1.165) is 33.9 Å². The Morgan fingerprint density at radius 1 is 0.588 bits per heavy atom. The average Bonchev–Trinajstić information content (AvgIpc) is 1.68. The summed E-state index contributed by atoms with van der Waals surface area (Å²) in [7, 11) is -5.86. The Labute approximate surface area is 686 Å². The average molecular weight is 1670 g/mol. The van der Waals surface area contributed by atoms with Gasteiger partial charge in [-0.2, -0.15) is 0 Å².